The van der Waals surface area contributed by atoms with Gasteiger partial charge in [0.1, 0.15) is 11.5 Å². The Bertz CT molecular complexity index is 1260. The van der Waals surface area contributed by atoms with Crippen molar-refractivity contribution in [3.8, 4) is 11.5 Å². The van der Waals surface area contributed by atoms with Gasteiger partial charge in [-0.2, -0.15) is 0 Å². The van der Waals surface area contributed by atoms with Gasteiger partial charge in [-0.3, -0.25) is 0 Å². The molecule has 0 fully saturated rings. The Kier molecular flexibility index (Phi) is 6.77. The number of aliphatic imine (C=N–C) groups is 1. The van der Waals surface area contributed by atoms with Gasteiger partial charge in [0.15, 0.2) is 5.70 Å². The normalized spacial score (nSPS) is 14.1. The molecule has 0 N–H and O–H groups in total. The highest BCUT2D eigenvalue weighted by atomic mass is 35.5. The molecule has 1 aliphatic heterocycles. The van der Waals surface area contributed by atoms with Crippen LogP contribution in [0.3, 0.4) is 0 Å². The van der Waals surface area contributed by atoms with Crippen LogP contribution in [0.5, 0.6) is 11.5 Å². The molecule has 0 unspecified atom stereocenters. The van der Waals surface area contributed by atoms with Crippen molar-refractivity contribution >= 4 is 47.1 Å². The molecule has 8 heteroatoms. The molecule has 1 heterocycles. The van der Waals surface area contributed by atoms with Crippen LogP contribution in [0.4, 0.5) is 0 Å². The first-order valence-electron chi connectivity index (χ1n) is 9.96. The van der Waals surface area contributed by atoms with Gasteiger partial charge in [-0.05, 0) is 73.2 Å². The van der Waals surface area contributed by atoms with Crippen LogP contribution in [-0.4, -0.2) is 24.4 Å². The maximum atomic E-state index is 12.3. The molecule has 0 spiro atoms. The third-order valence-corrected chi connectivity index (χ3v) is 5.13. The van der Waals surface area contributed by atoms with Crippen LogP contribution >= 0.6 is 23.2 Å². The molecule has 0 saturated heterocycles. The van der Waals surface area contributed by atoms with Gasteiger partial charge >= 0.3 is 11.9 Å². The van der Waals surface area contributed by atoms with E-state index >= 15 is 0 Å². The molecule has 0 bridgehead atoms. The van der Waals surface area contributed by atoms with E-state index in [2.05, 4.69) is 4.99 Å². The van der Waals surface area contributed by atoms with Gasteiger partial charge in [-0.15, -0.1) is 0 Å². The molecule has 3 aromatic rings. The lowest BCUT2D eigenvalue weighted by Crippen LogP contribution is -2.09. The third kappa shape index (κ3) is 5.42. The van der Waals surface area contributed by atoms with Crippen LogP contribution in [0.25, 0.3) is 6.08 Å². The number of halogens is 2. The minimum absolute atomic E-state index is 0.163. The maximum absolute atomic E-state index is 12.3. The number of nitrogens with zero attached hydrogens (tertiary/aromatic N) is 1. The summed E-state index contributed by atoms with van der Waals surface area (Å²) >= 11 is 11.9. The summed E-state index contributed by atoms with van der Waals surface area (Å²) in [7, 11) is 0. The highest BCUT2D eigenvalue weighted by Crippen LogP contribution is 2.24. The molecule has 4 rings (SSSR count). The average molecular weight is 482 g/mol. The minimum Gasteiger partial charge on any atom is -0.494 e. The molecule has 0 saturated carbocycles. The molecule has 0 amide bonds. The highest BCUT2D eigenvalue weighted by molar-refractivity contribution is 6.36. The number of esters is 2. The molecular weight excluding hydrogens is 465 g/mol. The SMILES string of the molecule is CCOc1ccc(C2=N/C(=C\c3ccc(OC(=O)c4ccc(Cl)cc4Cl)cc3)C(=O)O2)cc1. The summed E-state index contributed by atoms with van der Waals surface area (Å²) in [4.78, 5) is 28.9. The standard InChI is InChI=1S/C25H17Cl2NO5/c1-2-31-18-10-5-16(6-11-18)23-28-22(25(30)33-23)13-15-3-8-19(9-4-15)32-24(29)20-12-7-17(26)14-21(20)27/h3-14H,2H2,1H3/b22-13-. The van der Waals surface area contributed by atoms with Gasteiger partial charge < -0.3 is 14.2 Å². The van der Waals surface area contributed by atoms with Crippen LogP contribution in [0.1, 0.15) is 28.4 Å². The van der Waals surface area contributed by atoms with Crippen LogP contribution in [-0.2, 0) is 9.53 Å². The largest absolute Gasteiger partial charge is 0.494 e. The number of carbonyl (C=O) groups excluding carboxylic acids is 2. The highest BCUT2D eigenvalue weighted by Gasteiger charge is 2.24. The van der Waals surface area contributed by atoms with Gasteiger partial charge in [0, 0.05) is 10.6 Å². The second-order valence-corrected chi connectivity index (χ2v) is 7.72. The molecule has 33 heavy (non-hydrogen) atoms. The number of benzene rings is 3. The Morgan fingerprint density at radius 2 is 1.70 bits per heavy atom. The van der Waals surface area contributed by atoms with Crippen molar-refractivity contribution in [2.75, 3.05) is 6.61 Å². The molecule has 0 aliphatic carbocycles. The summed E-state index contributed by atoms with van der Waals surface area (Å²) < 4.78 is 16.1. The Morgan fingerprint density at radius 3 is 2.36 bits per heavy atom. The van der Waals surface area contributed by atoms with Gasteiger partial charge in [0.25, 0.3) is 0 Å². The quantitative estimate of drug-likeness (QED) is 0.246. The third-order valence-electron chi connectivity index (χ3n) is 4.58. The van der Waals surface area contributed by atoms with Gasteiger partial charge in [-0.1, -0.05) is 35.3 Å². The Labute approximate surface area is 200 Å². The van der Waals surface area contributed by atoms with Gasteiger partial charge in [-0.25, -0.2) is 14.6 Å². The van der Waals surface area contributed by atoms with Crippen LogP contribution in [0.2, 0.25) is 10.0 Å². The van der Waals surface area contributed by atoms with Crippen molar-refractivity contribution in [2.24, 2.45) is 4.99 Å². The first-order chi connectivity index (χ1) is 15.9. The van der Waals surface area contributed by atoms with E-state index in [1.54, 1.807) is 60.7 Å². The smallest absolute Gasteiger partial charge is 0.363 e. The van der Waals surface area contributed by atoms with E-state index in [1.165, 1.54) is 12.1 Å². The second-order valence-electron chi connectivity index (χ2n) is 6.88. The predicted molar refractivity (Wildman–Crippen MR) is 126 cm³/mol. The van der Waals surface area contributed by atoms with Crippen molar-refractivity contribution in [3.63, 3.8) is 0 Å². The minimum atomic E-state index is -0.605. The molecule has 0 aromatic heterocycles. The number of ether oxygens (including phenoxy) is 3. The first kappa shape index (κ1) is 22.6. The van der Waals surface area contributed by atoms with E-state index in [4.69, 9.17) is 37.4 Å². The number of hydrogen-bond acceptors (Lipinski definition) is 6. The molecule has 166 valence electrons. The fourth-order valence-electron chi connectivity index (χ4n) is 3.00. The zero-order valence-electron chi connectivity index (χ0n) is 17.4. The fraction of sp³-hybridized carbons (Fsp3) is 0.0800. The number of carbonyl (C=O) groups is 2. The van der Waals surface area contributed by atoms with Crippen molar-refractivity contribution in [3.05, 3.63) is 99.2 Å². The van der Waals surface area contributed by atoms with Crippen molar-refractivity contribution in [2.45, 2.75) is 6.92 Å². The van der Waals surface area contributed by atoms with E-state index < -0.39 is 11.9 Å². The van der Waals surface area contributed by atoms with E-state index in [0.717, 1.165) is 5.75 Å². The number of cyclic esters (lactones) is 1. The van der Waals surface area contributed by atoms with Crippen LogP contribution in [0.15, 0.2) is 77.4 Å². The number of hydrogen-bond donors (Lipinski definition) is 0. The Morgan fingerprint density at radius 1 is 1.00 bits per heavy atom. The summed E-state index contributed by atoms with van der Waals surface area (Å²) in [6.45, 7) is 2.47. The van der Waals surface area contributed by atoms with E-state index in [-0.39, 0.29) is 22.2 Å². The van der Waals surface area contributed by atoms with Crippen molar-refractivity contribution < 1.29 is 23.8 Å². The molecule has 0 radical (unpaired) electrons. The van der Waals surface area contributed by atoms with Crippen LogP contribution in [0, 0.1) is 0 Å². The lowest BCUT2D eigenvalue weighted by molar-refractivity contribution is -0.129. The lowest BCUT2D eigenvalue weighted by Gasteiger charge is -2.06. The van der Waals surface area contributed by atoms with Crippen molar-refractivity contribution in [1.29, 1.82) is 0 Å². The monoisotopic (exact) mass is 481 g/mol. The molecule has 6 nitrogen and oxygen atoms in total. The van der Waals surface area contributed by atoms with Gasteiger partial charge in [0.05, 0.1) is 17.2 Å². The average Bonchev–Trinajstić information content (AvgIpc) is 3.16. The van der Waals surface area contributed by atoms with Crippen molar-refractivity contribution in [1.82, 2.24) is 0 Å². The van der Waals surface area contributed by atoms with E-state index in [1.807, 2.05) is 6.92 Å². The topological polar surface area (TPSA) is 74.2 Å². The zero-order chi connectivity index (χ0) is 23.4. The summed E-state index contributed by atoms with van der Waals surface area (Å²) in [5, 5.41) is 0.627. The summed E-state index contributed by atoms with van der Waals surface area (Å²) in [5.41, 5.74) is 1.72. The van der Waals surface area contributed by atoms with E-state index in [9.17, 15) is 9.59 Å². The fourth-order valence-corrected chi connectivity index (χ4v) is 3.49. The zero-order valence-corrected chi connectivity index (χ0v) is 18.9. The molecule has 0 atom stereocenters. The molecule has 1 aliphatic rings. The predicted octanol–water partition coefficient (Wildman–Crippen LogP) is 5.96. The summed E-state index contributed by atoms with van der Waals surface area (Å²) in [6, 6.07) is 18.2. The van der Waals surface area contributed by atoms with E-state index in [0.29, 0.717) is 28.5 Å². The Balaban J connectivity index is 1.46. The Hall–Kier alpha value is -3.61. The number of rotatable bonds is 6. The maximum Gasteiger partial charge on any atom is 0.363 e. The first-order valence-corrected chi connectivity index (χ1v) is 10.7. The van der Waals surface area contributed by atoms with Crippen LogP contribution < -0.4 is 9.47 Å². The molecular formula is C25H17Cl2NO5. The lowest BCUT2D eigenvalue weighted by atomic mass is 10.2. The second kappa shape index (κ2) is 9.90. The summed E-state index contributed by atoms with van der Waals surface area (Å²) in [6.07, 6.45) is 1.59. The summed E-state index contributed by atoms with van der Waals surface area (Å²) in [5.74, 6) is 0.111. The van der Waals surface area contributed by atoms with Gasteiger partial charge in [0.2, 0.25) is 5.90 Å². The molecule has 3 aromatic carbocycles.